The average Bonchev–Trinajstić information content (AvgIpc) is 3.42. The fraction of sp³-hybridized carbons (Fsp3) is 0.786. The zero-order valence-electron chi connectivity index (χ0n) is 52.3. The summed E-state index contributed by atoms with van der Waals surface area (Å²) in [6.45, 7) is 4.77. The minimum atomic E-state index is -1.51. The lowest BCUT2D eigenvalue weighted by Gasteiger charge is -2.25. The van der Waals surface area contributed by atoms with Crippen LogP contribution in [0.5, 0.6) is 0 Å². The standard InChI is InChI=1S/C70H125NO8/c1-6-8-10-12-14-16-18-20-22-24-25-26-27-28-29-30-31-32-33-34-35-36-37-38-39-40-41-42-43-45-47-49-51-53-55-57-59-61-68(73)79-66(65-78-70(69(74)75)76-63-62-71(3,4)5)64-77-67(72)60-58-56-54-52-50-48-46-44-23-21-19-17-15-13-11-9-7-2/h9,11,15,17-18,20-21,23-25,27-28,66,70H,6-8,10,12-14,16,19,22,26,29-65H2,1-5H3/p+1/b11-9-,17-15-,20-18-,23-21-,25-24-,28-27-. The third-order valence-electron chi connectivity index (χ3n) is 14.4. The van der Waals surface area contributed by atoms with Crippen molar-refractivity contribution in [2.45, 2.75) is 309 Å². The number of unbranched alkanes of at least 4 members (excludes halogenated alkanes) is 34. The number of ether oxygens (including phenoxy) is 4. The van der Waals surface area contributed by atoms with Gasteiger partial charge in [-0.3, -0.25) is 9.59 Å². The molecule has 0 heterocycles. The summed E-state index contributed by atoms with van der Waals surface area (Å²) in [4.78, 5) is 37.5. The van der Waals surface area contributed by atoms with Gasteiger partial charge in [0.05, 0.1) is 34.4 Å². The van der Waals surface area contributed by atoms with E-state index in [4.69, 9.17) is 18.9 Å². The minimum absolute atomic E-state index is 0.185. The number of hydrogen-bond acceptors (Lipinski definition) is 7. The molecule has 2 atom stereocenters. The molecule has 79 heavy (non-hydrogen) atoms. The van der Waals surface area contributed by atoms with Gasteiger partial charge < -0.3 is 28.5 Å². The van der Waals surface area contributed by atoms with Crippen molar-refractivity contribution in [3.63, 3.8) is 0 Å². The molecule has 2 unspecified atom stereocenters. The van der Waals surface area contributed by atoms with Crippen LogP contribution in [0.25, 0.3) is 0 Å². The molecule has 0 spiro atoms. The van der Waals surface area contributed by atoms with E-state index in [0.717, 1.165) is 83.5 Å². The van der Waals surface area contributed by atoms with Gasteiger partial charge in [-0.1, -0.05) is 273 Å². The maximum atomic E-state index is 12.9. The molecular formula is C70H126NO8+. The molecule has 0 aromatic carbocycles. The summed E-state index contributed by atoms with van der Waals surface area (Å²) in [7, 11) is 5.97. The molecule has 0 aliphatic heterocycles. The number of rotatable bonds is 61. The number of carbonyl (C=O) groups is 3. The fourth-order valence-corrected chi connectivity index (χ4v) is 9.39. The van der Waals surface area contributed by atoms with E-state index in [2.05, 4.69) is 86.8 Å². The van der Waals surface area contributed by atoms with Crippen molar-refractivity contribution in [1.82, 2.24) is 0 Å². The zero-order valence-corrected chi connectivity index (χ0v) is 52.3. The third-order valence-corrected chi connectivity index (χ3v) is 14.4. The first-order valence-electron chi connectivity index (χ1n) is 33.1. The third kappa shape index (κ3) is 62.2. The number of quaternary nitrogens is 1. The first kappa shape index (κ1) is 75.7. The Morgan fingerprint density at radius 1 is 0.392 bits per heavy atom. The van der Waals surface area contributed by atoms with Crippen molar-refractivity contribution in [3.8, 4) is 0 Å². The van der Waals surface area contributed by atoms with Crippen molar-refractivity contribution in [3.05, 3.63) is 72.9 Å². The molecule has 1 N–H and O–H groups in total. The second kappa shape index (κ2) is 60.8. The second-order valence-corrected chi connectivity index (χ2v) is 23.4. The lowest BCUT2D eigenvalue weighted by Crippen LogP contribution is -2.40. The monoisotopic (exact) mass is 1110 g/mol. The Balaban J connectivity index is 4.02. The highest BCUT2D eigenvalue weighted by atomic mass is 16.7. The van der Waals surface area contributed by atoms with E-state index < -0.39 is 24.3 Å². The van der Waals surface area contributed by atoms with E-state index in [1.54, 1.807) is 0 Å². The number of carboxylic acids is 1. The Bertz CT molecular complexity index is 1520. The van der Waals surface area contributed by atoms with Gasteiger partial charge in [0.2, 0.25) is 0 Å². The first-order valence-corrected chi connectivity index (χ1v) is 33.1. The average molecular weight is 1110 g/mol. The zero-order chi connectivity index (χ0) is 57.6. The quantitative estimate of drug-likeness (QED) is 0.0211. The van der Waals surface area contributed by atoms with Gasteiger partial charge in [-0.05, 0) is 83.5 Å². The highest BCUT2D eigenvalue weighted by molar-refractivity contribution is 5.71. The van der Waals surface area contributed by atoms with Crippen molar-refractivity contribution in [2.24, 2.45) is 0 Å². The van der Waals surface area contributed by atoms with E-state index in [0.29, 0.717) is 17.4 Å². The van der Waals surface area contributed by atoms with Crippen LogP contribution in [0, 0.1) is 0 Å². The van der Waals surface area contributed by atoms with E-state index in [-0.39, 0.29) is 32.2 Å². The van der Waals surface area contributed by atoms with Crippen LogP contribution in [-0.2, 0) is 33.3 Å². The number of carboxylic acid groups (broad SMARTS) is 1. The maximum absolute atomic E-state index is 12.9. The normalized spacial score (nSPS) is 13.2. The number of nitrogens with zero attached hydrogens (tertiary/aromatic N) is 1. The largest absolute Gasteiger partial charge is 0.477 e. The molecule has 0 aromatic heterocycles. The van der Waals surface area contributed by atoms with E-state index in [9.17, 15) is 19.5 Å². The number of aliphatic carboxylic acids is 1. The number of esters is 2. The summed E-state index contributed by atoms with van der Waals surface area (Å²) in [6, 6.07) is 0. The van der Waals surface area contributed by atoms with Gasteiger partial charge in [0.1, 0.15) is 13.2 Å². The smallest absolute Gasteiger partial charge is 0.361 e. The second-order valence-electron chi connectivity index (χ2n) is 23.4. The number of hydrogen-bond donors (Lipinski definition) is 1. The van der Waals surface area contributed by atoms with Gasteiger partial charge in [-0.2, -0.15) is 0 Å². The molecule has 0 amide bonds. The Labute approximate surface area is 487 Å². The van der Waals surface area contributed by atoms with Crippen LogP contribution in [-0.4, -0.2) is 87.4 Å². The number of likely N-dealkylation sites (N-methyl/N-ethyl adjacent to an activating group) is 1. The van der Waals surface area contributed by atoms with Crippen molar-refractivity contribution in [1.29, 1.82) is 0 Å². The molecule has 0 aromatic rings. The van der Waals surface area contributed by atoms with E-state index >= 15 is 0 Å². The molecule has 0 fully saturated rings. The molecule has 0 saturated carbocycles. The van der Waals surface area contributed by atoms with Gasteiger partial charge in [0.25, 0.3) is 6.29 Å². The summed E-state index contributed by atoms with van der Waals surface area (Å²) in [6.07, 6.45) is 77.3. The molecule has 0 rings (SSSR count). The molecule has 0 radical (unpaired) electrons. The van der Waals surface area contributed by atoms with Crippen LogP contribution in [0.4, 0.5) is 0 Å². The molecule has 0 aliphatic rings. The van der Waals surface area contributed by atoms with Crippen LogP contribution in [0.1, 0.15) is 296 Å². The molecular weight excluding hydrogens is 983 g/mol. The van der Waals surface area contributed by atoms with Crippen molar-refractivity contribution in [2.75, 3.05) is 47.5 Å². The topological polar surface area (TPSA) is 108 Å². The Morgan fingerprint density at radius 3 is 1.08 bits per heavy atom. The van der Waals surface area contributed by atoms with Crippen LogP contribution in [0.2, 0.25) is 0 Å². The van der Waals surface area contributed by atoms with Gasteiger partial charge in [-0.15, -0.1) is 0 Å². The highest BCUT2D eigenvalue weighted by Crippen LogP contribution is 2.17. The first-order chi connectivity index (χ1) is 38.6. The van der Waals surface area contributed by atoms with Crippen molar-refractivity contribution >= 4 is 17.9 Å². The van der Waals surface area contributed by atoms with Gasteiger partial charge >= 0.3 is 17.9 Å². The van der Waals surface area contributed by atoms with Crippen LogP contribution in [0.3, 0.4) is 0 Å². The highest BCUT2D eigenvalue weighted by Gasteiger charge is 2.25. The van der Waals surface area contributed by atoms with Gasteiger partial charge in [0.15, 0.2) is 6.10 Å². The molecule has 458 valence electrons. The Morgan fingerprint density at radius 2 is 0.722 bits per heavy atom. The predicted octanol–water partition coefficient (Wildman–Crippen LogP) is 20.1. The summed E-state index contributed by atoms with van der Waals surface area (Å²) in [5, 5.41) is 9.72. The molecule has 9 heteroatoms. The van der Waals surface area contributed by atoms with Crippen LogP contribution in [0.15, 0.2) is 72.9 Å². The lowest BCUT2D eigenvalue weighted by molar-refractivity contribution is -0.870. The van der Waals surface area contributed by atoms with Gasteiger partial charge in [-0.25, -0.2) is 4.79 Å². The molecule has 0 saturated heterocycles. The summed E-state index contributed by atoms with van der Waals surface area (Å²) in [5.41, 5.74) is 0. The molecule has 0 bridgehead atoms. The summed E-state index contributed by atoms with van der Waals surface area (Å²) >= 11 is 0. The predicted molar refractivity (Wildman–Crippen MR) is 336 cm³/mol. The van der Waals surface area contributed by atoms with Crippen LogP contribution >= 0.6 is 0 Å². The summed E-state index contributed by atoms with van der Waals surface area (Å²) < 4.78 is 22.9. The van der Waals surface area contributed by atoms with E-state index in [1.807, 2.05) is 21.1 Å². The molecule has 0 aliphatic carbocycles. The minimum Gasteiger partial charge on any atom is -0.477 e. The number of carbonyl (C=O) groups excluding carboxylic acids is 2. The Kier molecular flexibility index (Phi) is 58.3. The lowest BCUT2D eigenvalue weighted by atomic mass is 10.0. The fourth-order valence-electron chi connectivity index (χ4n) is 9.39. The van der Waals surface area contributed by atoms with Crippen molar-refractivity contribution < 1.29 is 42.9 Å². The van der Waals surface area contributed by atoms with Gasteiger partial charge in [0, 0.05) is 12.8 Å². The summed E-state index contributed by atoms with van der Waals surface area (Å²) in [5.74, 6) is -2.01. The van der Waals surface area contributed by atoms with Crippen LogP contribution < -0.4 is 0 Å². The maximum Gasteiger partial charge on any atom is 0.361 e. The molecule has 9 nitrogen and oxygen atoms in total. The van der Waals surface area contributed by atoms with E-state index in [1.165, 1.54) is 186 Å². The Hall–Kier alpha value is -3.27. The SMILES string of the molecule is CC/C=C\C/C=C\C/C=C\CCCCCCCCCC(=O)OCC(COC(OCC[N+](C)(C)C)C(=O)O)OC(=O)CCCCCCCCCCCCCCCCCCCCCCCC/C=C\C/C=C\C/C=C\CCCCCCC. The number of allylic oxidation sites excluding steroid dienone is 12.